The number of hydrogen-bond donors (Lipinski definition) is 1. The average Bonchev–Trinajstić information content (AvgIpc) is 2.69. The molecule has 1 aliphatic rings. The number of benzene rings is 1. The molecule has 120 valence electrons. The number of fused-ring (bicyclic) bond motifs is 3. The first-order valence-corrected chi connectivity index (χ1v) is 8.16. The highest BCUT2D eigenvalue weighted by Crippen LogP contribution is 2.33. The summed E-state index contributed by atoms with van der Waals surface area (Å²) < 4.78 is 2.29. The average molecular weight is 301 g/mol. The first kappa shape index (κ1) is 15.5. The lowest BCUT2D eigenvalue weighted by Crippen LogP contribution is -2.35. The Bertz CT molecular complexity index is 647. The summed E-state index contributed by atoms with van der Waals surface area (Å²) in [5, 5.41) is 11.3. The molecule has 2 heterocycles. The molecule has 4 heteroatoms. The maximum atomic E-state index is 9.96. The van der Waals surface area contributed by atoms with Gasteiger partial charge in [-0.05, 0) is 32.1 Å². The third-order valence-corrected chi connectivity index (χ3v) is 4.89. The molecule has 1 aliphatic heterocycles. The maximum Gasteiger partial charge on any atom is 0.0526 e. The fourth-order valence-electron chi connectivity index (χ4n) is 3.72. The highest BCUT2D eigenvalue weighted by molar-refractivity contribution is 5.86. The zero-order chi connectivity index (χ0) is 15.7. The molecular formula is C18H27N3O. The topological polar surface area (TPSA) is 31.6 Å². The number of rotatable bonds is 4. The van der Waals surface area contributed by atoms with Crippen LogP contribution in [-0.2, 0) is 13.5 Å². The van der Waals surface area contributed by atoms with Gasteiger partial charge in [0.1, 0.15) is 0 Å². The van der Waals surface area contributed by atoms with Crippen LogP contribution in [0.25, 0.3) is 10.9 Å². The van der Waals surface area contributed by atoms with Crippen molar-refractivity contribution in [3.05, 3.63) is 35.5 Å². The van der Waals surface area contributed by atoms with Gasteiger partial charge in [-0.2, -0.15) is 0 Å². The van der Waals surface area contributed by atoms with Crippen molar-refractivity contribution in [1.29, 1.82) is 0 Å². The van der Waals surface area contributed by atoms with Crippen molar-refractivity contribution in [2.75, 3.05) is 46.9 Å². The van der Waals surface area contributed by atoms with Gasteiger partial charge in [-0.15, -0.1) is 0 Å². The summed E-state index contributed by atoms with van der Waals surface area (Å²) in [6.07, 6.45) is 1.07. The van der Waals surface area contributed by atoms with E-state index in [9.17, 15) is 5.11 Å². The second-order valence-corrected chi connectivity index (χ2v) is 6.67. The summed E-state index contributed by atoms with van der Waals surface area (Å²) in [4.78, 5) is 4.72. The summed E-state index contributed by atoms with van der Waals surface area (Å²) in [6, 6.07) is 8.62. The third-order valence-electron chi connectivity index (χ3n) is 4.89. The monoisotopic (exact) mass is 301 g/mol. The van der Waals surface area contributed by atoms with Crippen molar-refractivity contribution in [3.63, 3.8) is 0 Å². The van der Waals surface area contributed by atoms with Crippen LogP contribution in [0.4, 0.5) is 0 Å². The minimum Gasteiger partial charge on any atom is -0.396 e. The van der Waals surface area contributed by atoms with Gasteiger partial charge in [0.15, 0.2) is 0 Å². The van der Waals surface area contributed by atoms with Gasteiger partial charge in [0, 0.05) is 55.7 Å². The minimum atomic E-state index is 0.206. The van der Waals surface area contributed by atoms with Crippen LogP contribution in [0, 0.1) is 0 Å². The van der Waals surface area contributed by atoms with Crippen LogP contribution in [0.15, 0.2) is 24.3 Å². The van der Waals surface area contributed by atoms with Gasteiger partial charge in [0.05, 0.1) is 6.61 Å². The molecule has 0 amide bonds. The predicted octanol–water partition coefficient (Wildman–Crippen LogP) is 1.67. The van der Waals surface area contributed by atoms with E-state index in [-0.39, 0.29) is 12.5 Å². The number of aliphatic hydroxyl groups excluding tert-OH is 1. The standard InChI is InChI=1S/C18H27N3O/c1-19(2)10-11-21-9-8-16-15-6-4-5-7-17(15)20(3)18(16)14(12-21)13-22/h4-7,14,22H,8-13H2,1-3H3. The van der Waals surface area contributed by atoms with Crippen LogP contribution < -0.4 is 0 Å². The number of aliphatic hydroxyl groups is 1. The van der Waals surface area contributed by atoms with Crippen molar-refractivity contribution in [2.24, 2.45) is 7.05 Å². The summed E-state index contributed by atoms with van der Waals surface area (Å²) in [7, 11) is 6.37. The van der Waals surface area contributed by atoms with Crippen LogP contribution in [0.5, 0.6) is 0 Å². The summed E-state index contributed by atoms with van der Waals surface area (Å²) in [6.45, 7) is 4.37. The van der Waals surface area contributed by atoms with Gasteiger partial charge >= 0.3 is 0 Å². The van der Waals surface area contributed by atoms with Gasteiger partial charge in [0.25, 0.3) is 0 Å². The van der Waals surface area contributed by atoms with E-state index in [1.807, 2.05) is 0 Å². The third kappa shape index (κ3) is 2.78. The molecule has 1 atom stereocenters. The van der Waals surface area contributed by atoms with Gasteiger partial charge in [-0.1, -0.05) is 18.2 Å². The Morgan fingerprint density at radius 3 is 2.77 bits per heavy atom. The van der Waals surface area contributed by atoms with Gasteiger partial charge in [-0.25, -0.2) is 0 Å². The molecule has 0 saturated carbocycles. The molecule has 0 aliphatic carbocycles. The van der Waals surface area contributed by atoms with Crippen LogP contribution in [-0.4, -0.2) is 66.4 Å². The first-order chi connectivity index (χ1) is 10.6. The molecule has 1 aromatic heterocycles. The Morgan fingerprint density at radius 2 is 2.05 bits per heavy atom. The number of para-hydroxylation sites is 1. The fourth-order valence-corrected chi connectivity index (χ4v) is 3.72. The molecule has 2 aromatic rings. The number of nitrogens with zero attached hydrogens (tertiary/aromatic N) is 3. The van der Waals surface area contributed by atoms with Crippen molar-refractivity contribution in [2.45, 2.75) is 12.3 Å². The lowest BCUT2D eigenvalue weighted by atomic mass is 10.0. The van der Waals surface area contributed by atoms with E-state index in [0.29, 0.717) is 0 Å². The van der Waals surface area contributed by atoms with Crippen molar-refractivity contribution < 1.29 is 5.11 Å². The number of likely N-dealkylation sites (N-methyl/N-ethyl adjacent to an activating group) is 1. The van der Waals surface area contributed by atoms with Crippen molar-refractivity contribution >= 4 is 10.9 Å². The molecular weight excluding hydrogens is 274 g/mol. The molecule has 1 unspecified atom stereocenters. The van der Waals surface area contributed by atoms with E-state index >= 15 is 0 Å². The Hall–Kier alpha value is -1.36. The second-order valence-electron chi connectivity index (χ2n) is 6.67. The van der Waals surface area contributed by atoms with E-state index in [1.165, 1.54) is 22.2 Å². The highest BCUT2D eigenvalue weighted by atomic mass is 16.3. The number of aryl methyl sites for hydroxylation is 1. The Balaban J connectivity index is 1.94. The van der Waals surface area contributed by atoms with Crippen molar-refractivity contribution in [3.8, 4) is 0 Å². The van der Waals surface area contributed by atoms with E-state index in [2.05, 4.69) is 59.8 Å². The summed E-state index contributed by atoms with van der Waals surface area (Å²) >= 11 is 0. The summed E-state index contributed by atoms with van der Waals surface area (Å²) in [5.41, 5.74) is 4.05. The van der Waals surface area contributed by atoms with Crippen LogP contribution in [0.3, 0.4) is 0 Å². The molecule has 3 rings (SSSR count). The quantitative estimate of drug-likeness (QED) is 0.932. The number of aromatic nitrogens is 1. The smallest absolute Gasteiger partial charge is 0.0526 e. The fraction of sp³-hybridized carbons (Fsp3) is 0.556. The first-order valence-electron chi connectivity index (χ1n) is 8.16. The molecule has 22 heavy (non-hydrogen) atoms. The van der Waals surface area contributed by atoms with E-state index in [4.69, 9.17) is 0 Å². The molecule has 1 aromatic carbocycles. The zero-order valence-corrected chi connectivity index (χ0v) is 13.9. The Morgan fingerprint density at radius 1 is 1.27 bits per heavy atom. The molecule has 0 fully saturated rings. The Kier molecular flexibility index (Phi) is 4.52. The van der Waals surface area contributed by atoms with Gasteiger partial charge in [0.2, 0.25) is 0 Å². The highest BCUT2D eigenvalue weighted by Gasteiger charge is 2.27. The van der Waals surface area contributed by atoms with E-state index in [1.54, 1.807) is 0 Å². The molecule has 0 radical (unpaired) electrons. The van der Waals surface area contributed by atoms with Gasteiger partial charge < -0.3 is 19.5 Å². The van der Waals surface area contributed by atoms with E-state index in [0.717, 1.165) is 32.6 Å². The normalized spacial score (nSPS) is 19.6. The van der Waals surface area contributed by atoms with E-state index < -0.39 is 0 Å². The largest absolute Gasteiger partial charge is 0.396 e. The van der Waals surface area contributed by atoms with Crippen molar-refractivity contribution in [1.82, 2.24) is 14.4 Å². The lowest BCUT2D eigenvalue weighted by Gasteiger charge is -2.25. The molecule has 0 bridgehead atoms. The summed E-state index contributed by atoms with van der Waals surface area (Å²) in [5.74, 6) is 0.206. The lowest BCUT2D eigenvalue weighted by molar-refractivity contribution is 0.193. The molecule has 0 spiro atoms. The van der Waals surface area contributed by atoms with Crippen LogP contribution in [0.1, 0.15) is 17.2 Å². The SMILES string of the molecule is CN(C)CCN1CCc2c(n(C)c3ccccc23)C(CO)C1. The minimum absolute atomic E-state index is 0.206. The van der Waals surface area contributed by atoms with Crippen LogP contribution in [0.2, 0.25) is 0 Å². The number of hydrogen-bond acceptors (Lipinski definition) is 3. The second kappa shape index (κ2) is 6.41. The molecule has 4 nitrogen and oxygen atoms in total. The Labute approximate surface area is 132 Å². The zero-order valence-electron chi connectivity index (χ0n) is 13.9. The van der Waals surface area contributed by atoms with Gasteiger partial charge in [-0.3, -0.25) is 0 Å². The molecule has 1 N–H and O–H groups in total. The van der Waals surface area contributed by atoms with Crippen LogP contribution >= 0.6 is 0 Å². The maximum absolute atomic E-state index is 9.96. The predicted molar refractivity (Wildman–Crippen MR) is 91.4 cm³/mol. The molecule has 0 saturated heterocycles.